The second-order valence-corrected chi connectivity index (χ2v) is 4.83. The second-order valence-electron chi connectivity index (χ2n) is 4.83. The van der Waals surface area contributed by atoms with Crippen molar-refractivity contribution in [2.24, 2.45) is 0 Å². The van der Waals surface area contributed by atoms with E-state index in [2.05, 4.69) is 10.4 Å². The van der Waals surface area contributed by atoms with Gasteiger partial charge in [0.15, 0.2) is 0 Å². The largest absolute Gasteiger partial charge is 0.508 e. The number of anilines is 1. The third-order valence-corrected chi connectivity index (χ3v) is 3.06. The van der Waals surface area contributed by atoms with Crippen LogP contribution in [0.15, 0.2) is 30.3 Å². The lowest BCUT2D eigenvalue weighted by atomic mass is 10.2. The molecule has 2 aromatic rings. The zero-order valence-electron chi connectivity index (χ0n) is 12.0. The van der Waals surface area contributed by atoms with Crippen molar-refractivity contribution in [3.8, 4) is 5.75 Å². The predicted molar refractivity (Wildman–Crippen MR) is 79.6 cm³/mol. The first-order valence-corrected chi connectivity index (χ1v) is 6.73. The molecule has 8 heteroatoms. The molecule has 2 rings (SSSR count). The predicted octanol–water partition coefficient (Wildman–Crippen LogP) is 2.22. The fraction of sp³-hybridized carbons (Fsp3) is 0.286. The number of hydrogen-bond donors (Lipinski definition) is 2. The molecule has 22 heavy (non-hydrogen) atoms. The van der Waals surface area contributed by atoms with Crippen LogP contribution in [0.1, 0.15) is 18.5 Å². The number of aromatic nitrogens is 2. The molecule has 1 amide bonds. The Balaban J connectivity index is 1.83. The maximum absolute atomic E-state index is 11.8. The van der Waals surface area contributed by atoms with Gasteiger partial charge in [0.25, 0.3) is 0 Å². The number of carbonyl (C=O) groups excluding carboxylic acids is 1. The number of aryl methyl sites for hydroxylation is 2. The molecule has 0 spiro atoms. The van der Waals surface area contributed by atoms with Crippen molar-refractivity contribution in [2.45, 2.75) is 26.3 Å². The molecule has 0 bridgehead atoms. The summed E-state index contributed by atoms with van der Waals surface area (Å²) in [5, 5.41) is 26.5. The van der Waals surface area contributed by atoms with Crippen LogP contribution in [0.2, 0.25) is 0 Å². The van der Waals surface area contributed by atoms with E-state index in [-0.39, 0.29) is 23.9 Å². The molecule has 8 nitrogen and oxygen atoms in total. The van der Waals surface area contributed by atoms with E-state index in [0.717, 1.165) is 0 Å². The van der Waals surface area contributed by atoms with Gasteiger partial charge in [0, 0.05) is 18.2 Å². The molecule has 0 radical (unpaired) electrons. The van der Waals surface area contributed by atoms with Gasteiger partial charge in [-0.25, -0.2) is 0 Å². The van der Waals surface area contributed by atoms with Crippen molar-refractivity contribution < 1.29 is 14.8 Å². The summed E-state index contributed by atoms with van der Waals surface area (Å²) in [6.45, 7) is 2.15. The third kappa shape index (κ3) is 4.05. The summed E-state index contributed by atoms with van der Waals surface area (Å²) in [6, 6.07) is 7.69. The Hall–Kier alpha value is -2.90. The highest BCUT2D eigenvalue weighted by Crippen LogP contribution is 2.16. The van der Waals surface area contributed by atoms with Crippen molar-refractivity contribution in [1.82, 2.24) is 9.78 Å². The van der Waals surface area contributed by atoms with Gasteiger partial charge in [-0.05, 0) is 30.4 Å². The number of carbonyl (C=O) groups is 1. The highest BCUT2D eigenvalue weighted by Gasteiger charge is 2.15. The standard InChI is InChI=1S/C14H16N4O4/c1-10-8-13(18(21)22)16-17(10)7-3-6-14(20)15-11-4-2-5-12(19)9-11/h2,4-5,8-9,19H,3,6-7H2,1H3,(H,15,20). The number of rotatable bonds is 6. The number of nitrogens with one attached hydrogen (secondary N) is 1. The minimum absolute atomic E-state index is 0.0808. The number of hydrogen-bond acceptors (Lipinski definition) is 5. The molecular weight excluding hydrogens is 288 g/mol. The van der Waals surface area contributed by atoms with Gasteiger partial charge in [-0.2, -0.15) is 4.68 Å². The summed E-state index contributed by atoms with van der Waals surface area (Å²) >= 11 is 0. The molecule has 0 aliphatic carbocycles. The zero-order chi connectivity index (χ0) is 16.1. The van der Waals surface area contributed by atoms with Gasteiger partial charge in [-0.3, -0.25) is 4.79 Å². The van der Waals surface area contributed by atoms with Crippen LogP contribution in [0.4, 0.5) is 11.5 Å². The molecule has 0 aliphatic rings. The summed E-state index contributed by atoms with van der Waals surface area (Å²) < 4.78 is 1.51. The first kappa shape index (κ1) is 15.5. The first-order valence-electron chi connectivity index (χ1n) is 6.73. The molecule has 116 valence electrons. The van der Waals surface area contributed by atoms with Crippen LogP contribution >= 0.6 is 0 Å². The number of phenolic OH excluding ortho intramolecular Hbond substituents is 1. The number of amides is 1. The highest BCUT2D eigenvalue weighted by atomic mass is 16.6. The van der Waals surface area contributed by atoms with Crippen LogP contribution in [0.3, 0.4) is 0 Å². The van der Waals surface area contributed by atoms with Gasteiger partial charge < -0.3 is 20.5 Å². The second kappa shape index (κ2) is 6.70. The van der Waals surface area contributed by atoms with Crippen LogP contribution in [0.5, 0.6) is 5.75 Å². The van der Waals surface area contributed by atoms with E-state index in [9.17, 15) is 20.0 Å². The van der Waals surface area contributed by atoms with E-state index < -0.39 is 4.92 Å². The van der Waals surface area contributed by atoms with Crippen molar-refractivity contribution in [3.63, 3.8) is 0 Å². The molecule has 2 N–H and O–H groups in total. The zero-order valence-corrected chi connectivity index (χ0v) is 12.0. The van der Waals surface area contributed by atoms with Gasteiger partial charge in [0.2, 0.25) is 5.91 Å². The summed E-state index contributed by atoms with van der Waals surface area (Å²) in [6.07, 6.45) is 0.757. The quantitative estimate of drug-likeness (QED) is 0.628. The average molecular weight is 304 g/mol. The van der Waals surface area contributed by atoms with Gasteiger partial charge >= 0.3 is 5.82 Å². The first-order chi connectivity index (χ1) is 10.5. The summed E-state index contributed by atoms with van der Waals surface area (Å²) in [4.78, 5) is 21.9. The van der Waals surface area contributed by atoms with Gasteiger partial charge in [0.05, 0.1) is 23.4 Å². The van der Waals surface area contributed by atoms with Crippen molar-refractivity contribution in [2.75, 3.05) is 5.32 Å². The van der Waals surface area contributed by atoms with Crippen LogP contribution < -0.4 is 5.32 Å². The number of phenols is 1. The Morgan fingerprint density at radius 2 is 2.23 bits per heavy atom. The number of nitro groups is 1. The summed E-state index contributed by atoms with van der Waals surface area (Å²) in [5.74, 6) is -0.302. The molecule has 0 aliphatic heterocycles. The molecule has 0 saturated carbocycles. The lowest BCUT2D eigenvalue weighted by Gasteiger charge is -2.05. The van der Waals surface area contributed by atoms with E-state index in [4.69, 9.17) is 0 Å². The lowest BCUT2D eigenvalue weighted by molar-refractivity contribution is -0.389. The van der Waals surface area contributed by atoms with Crippen molar-refractivity contribution >= 4 is 17.4 Å². The number of benzene rings is 1. The molecule has 1 aromatic heterocycles. The van der Waals surface area contributed by atoms with E-state index >= 15 is 0 Å². The van der Waals surface area contributed by atoms with Crippen LogP contribution in [-0.4, -0.2) is 25.7 Å². The smallest absolute Gasteiger partial charge is 0.390 e. The fourth-order valence-electron chi connectivity index (χ4n) is 2.00. The maximum atomic E-state index is 11.8. The molecular formula is C14H16N4O4. The SMILES string of the molecule is Cc1cc([N+](=O)[O-])nn1CCCC(=O)Nc1cccc(O)c1. The van der Waals surface area contributed by atoms with E-state index in [0.29, 0.717) is 24.3 Å². The fourth-order valence-corrected chi connectivity index (χ4v) is 2.00. The van der Waals surface area contributed by atoms with E-state index in [1.54, 1.807) is 19.1 Å². The lowest BCUT2D eigenvalue weighted by Crippen LogP contribution is -2.13. The molecule has 1 aromatic carbocycles. The van der Waals surface area contributed by atoms with Crippen molar-refractivity contribution in [3.05, 3.63) is 46.1 Å². The summed E-state index contributed by atoms with van der Waals surface area (Å²) in [5.41, 5.74) is 1.20. The van der Waals surface area contributed by atoms with Crippen LogP contribution in [0.25, 0.3) is 0 Å². The van der Waals surface area contributed by atoms with Gasteiger partial charge in [-0.15, -0.1) is 0 Å². The Morgan fingerprint density at radius 1 is 1.45 bits per heavy atom. The molecule has 0 saturated heterocycles. The molecule has 1 heterocycles. The van der Waals surface area contributed by atoms with Gasteiger partial charge in [-0.1, -0.05) is 6.07 Å². The topological polar surface area (TPSA) is 110 Å². The summed E-state index contributed by atoms with van der Waals surface area (Å²) in [7, 11) is 0. The van der Waals surface area contributed by atoms with Crippen molar-refractivity contribution in [1.29, 1.82) is 0 Å². The van der Waals surface area contributed by atoms with E-state index in [1.807, 2.05) is 0 Å². The van der Waals surface area contributed by atoms with E-state index in [1.165, 1.54) is 22.9 Å². The third-order valence-electron chi connectivity index (χ3n) is 3.06. The minimum atomic E-state index is -0.544. The monoisotopic (exact) mass is 304 g/mol. The molecule has 0 fully saturated rings. The molecule has 0 atom stereocenters. The van der Waals surface area contributed by atoms with Crippen LogP contribution in [-0.2, 0) is 11.3 Å². The van der Waals surface area contributed by atoms with Crippen LogP contribution in [0, 0.1) is 17.0 Å². The number of aromatic hydroxyl groups is 1. The molecule has 0 unspecified atom stereocenters. The van der Waals surface area contributed by atoms with Gasteiger partial charge in [0.1, 0.15) is 5.75 Å². The average Bonchev–Trinajstić information content (AvgIpc) is 2.80. The highest BCUT2D eigenvalue weighted by molar-refractivity contribution is 5.90. The maximum Gasteiger partial charge on any atom is 0.390 e. The normalized spacial score (nSPS) is 10.4. The Labute approximate surface area is 126 Å². The minimum Gasteiger partial charge on any atom is -0.508 e. The Bertz CT molecular complexity index is 696. The Kier molecular flexibility index (Phi) is 4.72. The number of nitrogens with zero attached hydrogens (tertiary/aromatic N) is 3. The Morgan fingerprint density at radius 3 is 2.86 bits per heavy atom.